The van der Waals surface area contributed by atoms with Gasteiger partial charge >= 0.3 is 5.97 Å². The van der Waals surface area contributed by atoms with Crippen molar-refractivity contribution in [3.05, 3.63) is 71.3 Å². The molecular formula is C20H21NO3. The molecule has 1 fully saturated rings. The van der Waals surface area contributed by atoms with E-state index in [0.29, 0.717) is 31.0 Å². The predicted octanol–water partition coefficient (Wildman–Crippen LogP) is 3.51. The molecular weight excluding hydrogens is 302 g/mol. The molecule has 1 aliphatic carbocycles. The van der Waals surface area contributed by atoms with Gasteiger partial charge in [-0.05, 0) is 36.5 Å². The average molecular weight is 323 g/mol. The van der Waals surface area contributed by atoms with Gasteiger partial charge in [-0.3, -0.25) is 4.79 Å². The molecule has 3 rings (SSSR count). The standard InChI is InChI=1S/C20H21NO3/c22-19(13-10-16-8-4-5-9-18(16)20(23)24)21(17-11-12-17)14-15-6-2-1-3-7-15/h1-9,17H,10-14H2,(H,23,24). The van der Waals surface area contributed by atoms with Crippen LogP contribution in [0.5, 0.6) is 0 Å². The van der Waals surface area contributed by atoms with Crippen LogP contribution in [0.15, 0.2) is 54.6 Å². The Kier molecular flexibility index (Phi) is 4.94. The second-order valence-corrected chi connectivity index (χ2v) is 6.20. The number of nitrogens with zero attached hydrogens (tertiary/aromatic N) is 1. The first-order valence-corrected chi connectivity index (χ1v) is 8.30. The topological polar surface area (TPSA) is 57.6 Å². The number of benzene rings is 2. The number of carbonyl (C=O) groups is 2. The van der Waals surface area contributed by atoms with Crippen molar-refractivity contribution >= 4 is 11.9 Å². The molecule has 1 N–H and O–H groups in total. The normalized spacial score (nSPS) is 13.5. The lowest BCUT2D eigenvalue weighted by Crippen LogP contribution is -2.32. The molecule has 0 unspecified atom stereocenters. The highest BCUT2D eigenvalue weighted by atomic mass is 16.4. The average Bonchev–Trinajstić information content (AvgIpc) is 3.43. The molecule has 1 saturated carbocycles. The summed E-state index contributed by atoms with van der Waals surface area (Å²) in [6, 6.07) is 17.2. The van der Waals surface area contributed by atoms with Gasteiger partial charge in [-0.1, -0.05) is 48.5 Å². The molecule has 0 heterocycles. The maximum Gasteiger partial charge on any atom is 0.335 e. The monoisotopic (exact) mass is 323 g/mol. The maximum atomic E-state index is 12.7. The minimum absolute atomic E-state index is 0.0987. The third kappa shape index (κ3) is 4.02. The van der Waals surface area contributed by atoms with Crippen LogP contribution in [0.25, 0.3) is 0 Å². The molecule has 2 aromatic carbocycles. The highest BCUT2D eigenvalue weighted by molar-refractivity contribution is 5.89. The van der Waals surface area contributed by atoms with E-state index in [0.717, 1.165) is 18.4 Å². The third-order valence-electron chi connectivity index (χ3n) is 4.36. The zero-order valence-electron chi connectivity index (χ0n) is 13.5. The molecule has 24 heavy (non-hydrogen) atoms. The van der Waals surface area contributed by atoms with Crippen LogP contribution in [0, 0.1) is 0 Å². The smallest absolute Gasteiger partial charge is 0.335 e. The lowest BCUT2D eigenvalue weighted by molar-refractivity contribution is -0.132. The summed E-state index contributed by atoms with van der Waals surface area (Å²) in [4.78, 5) is 25.9. The Hall–Kier alpha value is -2.62. The van der Waals surface area contributed by atoms with Crippen molar-refractivity contribution in [2.75, 3.05) is 0 Å². The number of hydrogen-bond donors (Lipinski definition) is 1. The second kappa shape index (κ2) is 7.30. The summed E-state index contributed by atoms with van der Waals surface area (Å²) < 4.78 is 0. The van der Waals surface area contributed by atoms with Crippen LogP contribution >= 0.6 is 0 Å². The van der Waals surface area contributed by atoms with E-state index in [-0.39, 0.29) is 11.5 Å². The van der Waals surface area contributed by atoms with E-state index in [1.807, 2.05) is 41.3 Å². The summed E-state index contributed by atoms with van der Waals surface area (Å²) in [5, 5.41) is 9.24. The van der Waals surface area contributed by atoms with E-state index in [4.69, 9.17) is 0 Å². The number of amides is 1. The summed E-state index contributed by atoms with van der Waals surface area (Å²) in [5.41, 5.74) is 2.13. The van der Waals surface area contributed by atoms with Crippen LogP contribution in [0.2, 0.25) is 0 Å². The number of rotatable bonds is 7. The predicted molar refractivity (Wildman–Crippen MR) is 91.7 cm³/mol. The van der Waals surface area contributed by atoms with Gasteiger partial charge in [0.2, 0.25) is 5.91 Å². The fourth-order valence-electron chi connectivity index (χ4n) is 2.92. The number of aryl methyl sites for hydroxylation is 1. The largest absolute Gasteiger partial charge is 0.478 e. The van der Waals surface area contributed by atoms with Crippen molar-refractivity contribution in [3.8, 4) is 0 Å². The number of aromatic carboxylic acids is 1. The fraction of sp³-hybridized carbons (Fsp3) is 0.300. The number of carboxylic acids is 1. The molecule has 4 heteroatoms. The minimum atomic E-state index is -0.943. The zero-order valence-corrected chi connectivity index (χ0v) is 13.5. The highest BCUT2D eigenvalue weighted by Crippen LogP contribution is 2.29. The van der Waals surface area contributed by atoms with Crippen molar-refractivity contribution in [3.63, 3.8) is 0 Å². The van der Waals surface area contributed by atoms with Gasteiger partial charge in [0.05, 0.1) is 5.56 Å². The van der Waals surface area contributed by atoms with Crippen LogP contribution in [0.3, 0.4) is 0 Å². The first kappa shape index (κ1) is 16.2. The van der Waals surface area contributed by atoms with Crippen molar-refractivity contribution in [1.82, 2.24) is 4.90 Å². The highest BCUT2D eigenvalue weighted by Gasteiger charge is 2.32. The second-order valence-electron chi connectivity index (χ2n) is 6.20. The molecule has 2 aromatic rings. The maximum absolute atomic E-state index is 12.7. The third-order valence-corrected chi connectivity index (χ3v) is 4.36. The van der Waals surface area contributed by atoms with Gasteiger partial charge in [0.15, 0.2) is 0 Å². The molecule has 0 aliphatic heterocycles. The van der Waals surface area contributed by atoms with Gasteiger partial charge in [0.1, 0.15) is 0 Å². The molecule has 0 bridgehead atoms. The van der Waals surface area contributed by atoms with E-state index >= 15 is 0 Å². The molecule has 0 atom stereocenters. The quantitative estimate of drug-likeness (QED) is 0.848. The van der Waals surface area contributed by atoms with Gasteiger partial charge in [-0.15, -0.1) is 0 Å². The van der Waals surface area contributed by atoms with Crippen LogP contribution in [-0.4, -0.2) is 27.9 Å². The van der Waals surface area contributed by atoms with E-state index in [9.17, 15) is 14.7 Å². The van der Waals surface area contributed by atoms with Crippen LogP contribution < -0.4 is 0 Å². The Morgan fingerprint density at radius 1 is 1.00 bits per heavy atom. The summed E-state index contributed by atoms with van der Waals surface area (Å²) in [6.45, 7) is 0.630. The van der Waals surface area contributed by atoms with Crippen LogP contribution in [-0.2, 0) is 17.8 Å². The Morgan fingerprint density at radius 2 is 1.67 bits per heavy atom. The summed E-state index contributed by atoms with van der Waals surface area (Å²) in [7, 11) is 0. The van der Waals surface area contributed by atoms with Gasteiger partial charge in [-0.25, -0.2) is 4.79 Å². The van der Waals surface area contributed by atoms with E-state index in [1.54, 1.807) is 18.2 Å². The summed E-state index contributed by atoms with van der Waals surface area (Å²) in [6.07, 6.45) is 2.92. The van der Waals surface area contributed by atoms with Gasteiger partial charge in [-0.2, -0.15) is 0 Å². The first-order valence-electron chi connectivity index (χ1n) is 8.30. The van der Waals surface area contributed by atoms with E-state index in [1.165, 1.54) is 0 Å². The molecule has 0 saturated heterocycles. The molecule has 4 nitrogen and oxygen atoms in total. The number of carboxylic acid groups (broad SMARTS) is 1. The van der Waals surface area contributed by atoms with Gasteiger partial charge in [0.25, 0.3) is 0 Å². The lowest BCUT2D eigenvalue weighted by Gasteiger charge is -2.23. The fourth-order valence-corrected chi connectivity index (χ4v) is 2.92. The van der Waals surface area contributed by atoms with Crippen LogP contribution in [0.4, 0.5) is 0 Å². The van der Waals surface area contributed by atoms with E-state index in [2.05, 4.69) is 0 Å². The Morgan fingerprint density at radius 3 is 2.33 bits per heavy atom. The Balaban J connectivity index is 1.65. The number of carbonyl (C=O) groups excluding carboxylic acids is 1. The van der Waals surface area contributed by atoms with Gasteiger partial charge < -0.3 is 10.0 Å². The first-order chi connectivity index (χ1) is 11.6. The lowest BCUT2D eigenvalue weighted by atomic mass is 10.0. The molecule has 0 radical (unpaired) electrons. The van der Waals surface area contributed by atoms with Crippen molar-refractivity contribution in [2.45, 2.75) is 38.3 Å². The Labute approximate surface area is 141 Å². The summed E-state index contributed by atoms with van der Waals surface area (Å²) in [5.74, 6) is -0.845. The number of hydrogen-bond acceptors (Lipinski definition) is 2. The van der Waals surface area contributed by atoms with Crippen LogP contribution in [0.1, 0.15) is 40.7 Å². The minimum Gasteiger partial charge on any atom is -0.478 e. The molecule has 0 aromatic heterocycles. The Bertz CT molecular complexity index is 723. The molecule has 124 valence electrons. The molecule has 1 aliphatic rings. The van der Waals surface area contributed by atoms with Crippen molar-refractivity contribution in [1.29, 1.82) is 0 Å². The van der Waals surface area contributed by atoms with E-state index < -0.39 is 5.97 Å². The SMILES string of the molecule is O=C(O)c1ccccc1CCC(=O)N(Cc1ccccc1)C1CC1. The van der Waals surface area contributed by atoms with Crippen molar-refractivity contribution < 1.29 is 14.7 Å². The van der Waals surface area contributed by atoms with Crippen molar-refractivity contribution in [2.24, 2.45) is 0 Å². The zero-order chi connectivity index (χ0) is 16.9. The molecule has 0 spiro atoms. The molecule has 1 amide bonds. The summed E-state index contributed by atoms with van der Waals surface area (Å²) >= 11 is 0. The van der Waals surface area contributed by atoms with Gasteiger partial charge in [0, 0.05) is 19.0 Å².